The largest absolute Gasteiger partial charge is 0.472 e. The van der Waals surface area contributed by atoms with Crippen LogP contribution in [0.15, 0.2) is 146 Å². The topological polar surface area (TPSA) is 237 Å². The van der Waals surface area contributed by atoms with Crippen LogP contribution in [-0.4, -0.2) is 96.7 Å². The molecule has 0 saturated carbocycles. The molecule has 0 aromatic rings. The molecule has 0 aliphatic rings. The Balaban J connectivity index is 5.43. The molecule has 108 heavy (non-hydrogen) atoms. The number of carbonyl (C=O) groups is 4. The fourth-order valence-electron chi connectivity index (χ4n) is 10.9. The van der Waals surface area contributed by atoms with Crippen LogP contribution in [0.4, 0.5) is 0 Å². The number of rotatable bonds is 78. The first kappa shape index (κ1) is 103. The molecule has 5 atom stereocenters. The van der Waals surface area contributed by atoms with Crippen molar-refractivity contribution in [2.45, 2.75) is 354 Å². The summed E-state index contributed by atoms with van der Waals surface area (Å²) in [6.07, 6.45) is 92.3. The van der Waals surface area contributed by atoms with Gasteiger partial charge in [-0.15, -0.1) is 0 Å². The molecule has 19 heteroatoms. The third-order valence-corrected chi connectivity index (χ3v) is 19.2. The van der Waals surface area contributed by atoms with Gasteiger partial charge in [0.05, 0.1) is 26.4 Å². The Kier molecular flexibility index (Phi) is 76.3. The Hall–Kier alpha value is -5.06. The van der Waals surface area contributed by atoms with Crippen molar-refractivity contribution in [3.63, 3.8) is 0 Å². The van der Waals surface area contributed by atoms with E-state index in [9.17, 15) is 43.2 Å². The quantitative estimate of drug-likeness (QED) is 0.0169. The average Bonchev–Trinajstić information content (AvgIpc) is 0.899. The number of aliphatic hydroxyl groups excluding tert-OH is 1. The van der Waals surface area contributed by atoms with Crippen LogP contribution in [0.1, 0.15) is 336 Å². The summed E-state index contributed by atoms with van der Waals surface area (Å²) in [5.41, 5.74) is 0. The highest BCUT2D eigenvalue weighted by molar-refractivity contribution is 7.47. The van der Waals surface area contributed by atoms with Crippen molar-refractivity contribution >= 4 is 39.5 Å². The molecule has 17 nitrogen and oxygen atoms in total. The summed E-state index contributed by atoms with van der Waals surface area (Å²) < 4.78 is 68.7. The molecule has 0 aromatic carbocycles. The van der Waals surface area contributed by atoms with Gasteiger partial charge in [0, 0.05) is 25.7 Å². The van der Waals surface area contributed by atoms with Gasteiger partial charge in [-0.1, -0.05) is 289 Å². The summed E-state index contributed by atoms with van der Waals surface area (Å²) in [5, 5.41) is 10.7. The monoisotopic (exact) mass is 1550 g/mol. The first-order chi connectivity index (χ1) is 52.7. The van der Waals surface area contributed by atoms with Crippen molar-refractivity contribution < 1.29 is 80.2 Å². The highest BCUT2D eigenvalue weighted by Crippen LogP contribution is 2.45. The number of phosphoric acid groups is 2. The first-order valence-corrected chi connectivity index (χ1v) is 45.1. The van der Waals surface area contributed by atoms with Crippen LogP contribution in [0.25, 0.3) is 0 Å². The Morgan fingerprint density at radius 3 is 0.741 bits per heavy atom. The lowest BCUT2D eigenvalue weighted by molar-refractivity contribution is -0.161. The maximum Gasteiger partial charge on any atom is 0.472 e. The molecule has 3 N–H and O–H groups in total. The van der Waals surface area contributed by atoms with Crippen molar-refractivity contribution in [1.29, 1.82) is 0 Å². The van der Waals surface area contributed by atoms with Crippen LogP contribution in [0.3, 0.4) is 0 Å². The van der Waals surface area contributed by atoms with E-state index in [4.69, 9.17) is 37.0 Å². The molecule has 0 radical (unpaired) electrons. The van der Waals surface area contributed by atoms with Crippen molar-refractivity contribution in [2.75, 3.05) is 39.6 Å². The molecule has 0 bridgehead atoms. The number of allylic oxidation sites excluding steroid dienone is 24. The molecular weight excluding hydrogens is 1400 g/mol. The van der Waals surface area contributed by atoms with Crippen molar-refractivity contribution in [3.05, 3.63) is 146 Å². The highest BCUT2D eigenvalue weighted by Gasteiger charge is 2.30. The van der Waals surface area contributed by atoms with E-state index in [1.165, 1.54) is 38.5 Å². The molecule has 0 heterocycles. The maximum atomic E-state index is 13.1. The lowest BCUT2D eigenvalue weighted by atomic mass is 10.1. The van der Waals surface area contributed by atoms with Gasteiger partial charge in [0.1, 0.15) is 19.3 Å². The maximum absolute atomic E-state index is 13.1. The van der Waals surface area contributed by atoms with E-state index < -0.39 is 97.5 Å². The molecule has 0 aromatic heterocycles. The van der Waals surface area contributed by atoms with Gasteiger partial charge in [0.2, 0.25) is 0 Å². The predicted octanol–water partition coefficient (Wildman–Crippen LogP) is 25.0. The molecule has 0 fully saturated rings. The zero-order valence-electron chi connectivity index (χ0n) is 67.7. The standard InChI is InChI=1S/C89H150O17P2/c1-5-9-13-17-21-25-29-33-37-39-41-43-47-50-54-58-62-66-70-74-87(92)100-80-85(106-89(94)76-72-68-64-60-56-52-48-44-42-40-38-34-30-26-22-18-14-10-6-2)82-104-108(97,98)102-78-83(90)77-101-107(95,96)103-81-84(105-88(93)75-71-67-63-59-55-51-46-36-32-28-24-20-16-12-8-4)79-99-86(91)73-69-65-61-57-53-49-45-35-31-27-23-19-15-11-7-3/h11-12,15-16,21-28,33-38,41-46,83-85,90H,5-10,13-14,17-20,29-32,39-40,47-82H2,1-4H3,(H,95,96)(H,97,98)/b15-11-,16-12-,25-21-,26-22-,27-23-,28-24-,37-33-,38-34-,43-41-,44-42-,45-35-,46-36-. The number of aliphatic hydroxyl groups is 1. The van der Waals surface area contributed by atoms with Gasteiger partial charge in [-0.05, 0) is 167 Å². The normalized spacial score (nSPS) is 14.5. The Bertz CT molecular complexity index is 2610. The molecule has 0 aliphatic heterocycles. The molecule has 0 aliphatic carbocycles. The lowest BCUT2D eigenvalue weighted by Crippen LogP contribution is -2.30. The number of ether oxygens (including phenoxy) is 4. The molecule has 0 saturated heterocycles. The Morgan fingerprint density at radius 1 is 0.269 bits per heavy atom. The van der Waals surface area contributed by atoms with Crippen LogP contribution in [0, 0.1) is 0 Å². The van der Waals surface area contributed by atoms with Crippen LogP contribution in [-0.2, 0) is 65.4 Å². The van der Waals surface area contributed by atoms with E-state index >= 15 is 0 Å². The molecule has 0 spiro atoms. The van der Waals surface area contributed by atoms with Gasteiger partial charge in [-0.25, -0.2) is 9.13 Å². The second-order valence-corrected chi connectivity index (χ2v) is 30.6. The predicted molar refractivity (Wildman–Crippen MR) is 445 cm³/mol. The third-order valence-electron chi connectivity index (χ3n) is 17.3. The van der Waals surface area contributed by atoms with Gasteiger partial charge in [-0.2, -0.15) is 0 Å². The van der Waals surface area contributed by atoms with E-state index in [2.05, 4.69) is 174 Å². The third kappa shape index (κ3) is 79.0. The van der Waals surface area contributed by atoms with E-state index in [0.29, 0.717) is 25.7 Å². The van der Waals surface area contributed by atoms with Crippen molar-refractivity contribution in [2.24, 2.45) is 0 Å². The first-order valence-electron chi connectivity index (χ1n) is 42.1. The van der Waals surface area contributed by atoms with Crippen molar-refractivity contribution in [3.8, 4) is 0 Å². The van der Waals surface area contributed by atoms with Gasteiger partial charge in [-0.3, -0.25) is 37.3 Å². The van der Waals surface area contributed by atoms with Crippen LogP contribution in [0.5, 0.6) is 0 Å². The summed E-state index contributed by atoms with van der Waals surface area (Å²) in [7, 11) is -9.99. The molecular formula is C89H150O17P2. The minimum absolute atomic E-state index is 0.0675. The molecule has 618 valence electrons. The number of phosphoric ester groups is 2. The zero-order chi connectivity index (χ0) is 78.9. The lowest BCUT2D eigenvalue weighted by Gasteiger charge is -2.21. The number of unbranched alkanes of at least 4 members (excludes halogenated alkanes) is 28. The van der Waals surface area contributed by atoms with Gasteiger partial charge >= 0.3 is 39.5 Å². The molecule has 0 rings (SSSR count). The van der Waals surface area contributed by atoms with Crippen LogP contribution >= 0.6 is 15.6 Å². The summed E-state index contributed by atoms with van der Waals surface area (Å²) in [4.78, 5) is 73.2. The fourth-order valence-corrected chi connectivity index (χ4v) is 12.5. The van der Waals surface area contributed by atoms with Gasteiger partial charge < -0.3 is 33.8 Å². The number of hydrogen-bond acceptors (Lipinski definition) is 15. The summed E-state index contributed by atoms with van der Waals surface area (Å²) >= 11 is 0. The van der Waals surface area contributed by atoms with Crippen molar-refractivity contribution in [1.82, 2.24) is 0 Å². The number of carbonyl (C=O) groups excluding carboxylic acids is 4. The summed E-state index contributed by atoms with van der Waals surface area (Å²) in [6.45, 7) is 4.55. The Labute approximate surface area is 656 Å². The van der Waals surface area contributed by atoms with Gasteiger partial charge in [0.25, 0.3) is 0 Å². The zero-order valence-corrected chi connectivity index (χ0v) is 69.5. The van der Waals surface area contributed by atoms with Crippen LogP contribution < -0.4 is 0 Å². The molecule has 5 unspecified atom stereocenters. The minimum Gasteiger partial charge on any atom is -0.462 e. The molecule has 0 amide bonds. The van der Waals surface area contributed by atoms with E-state index in [0.717, 1.165) is 218 Å². The Morgan fingerprint density at radius 2 is 0.481 bits per heavy atom. The second kappa shape index (κ2) is 80.0. The summed E-state index contributed by atoms with van der Waals surface area (Å²) in [6, 6.07) is 0. The minimum atomic E-state index is -5.00. The SMILES string of the molecule is CC/C=C\C/C=C\C/C=C\CCCCCCCC(=O)OCC(COP(=O)(O)OCC(O)COP(=O)(O)OCC(COC(=O)CCCCCCCC/C=C\C/C=C\C/C=C\CCCCC)OC(=O)CCCCCCCC/C=C\C/C=C\C/C=C\CCCCC)OC(=O)CCCCCCC/C=C\C/C=C\C/C=C\CC. The number of esters is 4. The highest BCUT2D eigenvalue weighted by atomic mass is 31.2. The van der Waals surface area contributed by atoms with Gasteiger partial charge in [0.15, 0.2) is 12.2 Å². The number of hydrogen-bond donors (Lipinski definition) is 3. The van der Waals surface area contributed by atoms with E-state index in [1.807, 2.05) is 0 Å². The van der Waals surface area contributed by atoms with E-state index in [1.54, 1.807) is 0 Å². The fraction of sp³-hybridized carbons (Fsp3) is 0.685. The van der Waals surface area contributed by atoms with E-state index in [-0.39, 0.29) is 25.7 Å². The average molecular weight is 1550 g/mol. The second-order valence-electron chi connectivity index (χ2n) is 27.6. The van der Waals surface area contributed by atoms with Crippen LogP contribution in [0.2, 0.25) is 0 Å². The smallest absolute Gasteiger partial charge is 0.462 e. The summed E-state index contributed by atoms with van der Waals surface area (Å²) in [5.74, 6) is -2.24.